The number of piperazine rings is 1. The number of hydrogen-bond donors (Lipinski definition) is 1. The molecule has 0 unspecified atom stereocenters. The van der Waals surface area contributed by atoms with E-state index in [2.05, 4.69) is 16.8 Å². The topological polar surface area (TPSA) is 41.7 Å². The minimum atomic E-state index is 0.780. The summed E-state index contributed by atoms with van der Waals surface area (Å²) in [5.41, 5.74) is 6.41. The molecule has 1 saturated heterocycles. The van der Waals surface area contributed by atoms with Gasteiger partial charge in [-0.05, 0) is 50.7 Å². The molecule has 0 atom stereocenters. The molecule has 1 aliphatic heterocycles. The van der Waals surface area contributed by atoms with Crippen LogP contribution in [-0.2, 0) is 0 Å². The molecule has 0 aliphatic carbocycles. The summed E-state index contributed by atoms with van der Waals surface area (Å²) in [6.07, 6.45) is 2.31. The molecule has 0 amide bonds. The summed E-state index contributed by atoms with van der Waals surface area (Å²) >= 11 is 0. The number of nitrogen functional groups attached to an aromatic ring is 1. The number of benzene rings is 1. The van der Waals surface area contributed by atoms with Crippen molar-refractivity contribution in [2.75, 3.05) is 52.1 Å². The van der Waals surface area contributed by atoms with Gasteiger partial charge in [0, 0.05) is 31.9 Å². The largest absolute Gasteiger partial charge is 0.494 e. The van der Waals surface area contributed by atoms with E-state index in [0.29, 0.717) is 0 Å². The zero-order chi connectivity index (χ0) is 13.5. The highest BCUT2D eigenvalue weighted by molar-refractivity contribution is 5.41. The Balaban J connectivity index is 1.53. The third-order valence-electron chi connectivity index (χ3n) is 3.61. The normalized spacial score (nSPS) is 17.5. The molecule has 1 heterocycles. The maximum Gasteiger partial charge on any atom is 0.119 e. The minimum Gasteiger partial charge on any atom is -0.494 e. The molecule has 2 rings (SSSR count). The van der Waals surface area contributed by atoms with E-state index in [1.807, 2.05) is 24.3 Å². The van der Waals surface area contributed by atoms with Crippen LogP contribution in [0.1, 0.15) is 12.8 Å². The van der Waals surface area contributed by atoms with Crippen molar-refractivity contribution in [1.29, 1.82) is 0 Å². The predicted octanol–water partition coefficient (Wildman–Crippen LogP) is 1.68. The van der Waals surface area contributed by atoms with Crippen LogP contribution < -0.4 is 10.5 Å². The lowest BCUT2D eigenvalue weighted by Gasteiger charge is -2.32. The molecule has 1 aromatic rings. The number of rotatable bonds is 6. The van der Waals surface area contributed by atoms with E-state index in [-0.39, 0.29) is 0 Å². The van der Waals surface area contributed by atoms with Gasteiger partial charge in [-0.3, -0.25) is 0 Å². The van der Waals surface area contributed by atoms with Crippen molar-refractivity contribution in [2.24, 2.45) is 0 Å². The molecule has 2 N–H and O–H groups in total. The van der Waals surface area contributed by atoms with Crippen molar-refractivity contribution in [2.45, 2.75) is 12.8 Å². The Morgan fingerprint density at radius 2 is 1.74 bits per heavy atom. The van der Waals surface area contributed by atoms with Crippen LogP contribution in [0.2, 0.25) is 0 Å². The van der Waals surface area contributed by atoms with Crippen LogP contribution in [0.15, 0.2) is 24.3 Å². The molecule has 0 aromatic heterocycles. The Hall–Kier alpha value is -1.26. The van der Waals surface area contributed by atoms with E-state index in [0.717, 1.165) is 24.5 Å². The van der Waals surface area contributed by atoms with Crippen molar-refractivity contribution < 1.29 is 4.74 Å². The average molecular weight is 263 g/mol. The fraction of sp³-hybridized carbons (Fsp3) is 0.600. The van der Waals surface area contributed by atoms with Crippen molar-refractivity contribution >= 4 is 5.69 Å². The van der Waals surface area contributed by atoms with Crippen LogP contribution in [0.25, 0.3) is 0 Å². The molecular formula is C15H25N3O. The van der Waals surface area contributed by atoms with Crippen molar-refractivity contribution in [1.82, 2.24) is 9.80 Å². The van der Waals surface area contributed by atoms with Crippen LogP contribution in [-0.4, -0.2) is 56.2 Å². The summed E-state index contributed by atoms with van der Waals surface area (Å²) in [6, 6.07) is 7.60. The second-order valence-corrected chi connectivity index (χ2v) is 5.27. The molecule has 4 nitrogen and oxygen atoms in total. The number of unbranched alkanes of at least 4 members (excludes halogenated alkanes) is 1. The number of hydrogen-bond acceptors (Lipinski definition) is 4. The van der Waals surface area contributed by atoms with Crippen molar-refractivity contribution in [3.8, 4) is 5.75 Å². The van der Waals surface area contributed by atoms with Gasteiger partial charge in [-0.15, -0.1) is 0 Å². The number of ether oxygens (including phenoxy) is 1. The molecule has 0 radical (unpaired) electrons. The smallest absolute Gasteiger partial charge is 0.119 e. The fourth-order valence-corrected chi connectivity index (χ4v) is 2.26. The summed E-state index contributed by atoms with van der Waals surface area (Å²) in [5.74, 6) is 0.911. The van der Waals surface area contributed by atoms with E-state index in [1.165, 1.54) is 39.1 Å². The molecule has 19 heavy (non-hydrogen) atoms. The van der Waals surface area contributed by atoms with Crippen LogP contribution in [0, 0.1) is 0 Å². The number of anilines is 1. The Morgan fingerprint density at radius 3 is 2.42 bits per heavy atom. The van der Waals surface area contributed by atoms with Gasteiger partial charge in [0.25, 0.3) is 0 Å². The molecule has 0 saturated carbocycles. The predicted molar refractivity (Wildman–Crippen MR) is 79.5 cm³/mol. The standard InChI is InChI=1S/C15H25N3O/c1-17-9-11-18(12-10-17)8-2-3-13-19-15-6-4-14(16)5-7-15/h4-7H,2-3,8-13,16H2,1H3. The monoisotopic (exact) mass is 263 g/mol. The van der Waals surface area contributed by atoms with Gasteiger partial charge >= 0.3 is 0 Å². The van der Waals surface area contributed by atoms with Gasteiger partial charge < -0.3 is 20.3 Å². The first-order valence-corrected chi connectivity index (χ1v) is 7.13. The lowest BCUT2D eigenvalue weighted by Crippen LogP contribution is -2.44. The molecule has 106 valence electrons. The number of nitrogens with zero attached hydrogens (tertiary/aromatic N) is 2. The number of likely N-dealkylation sites (N-methyl/N-ethyl adjacent to an activating group) is 1. The van der Waals surface area contributed by atoms with E-state index in [9.17, 15) is 0 Å². The van der Waals surface area contributed by atoms with Crippen LogP contribution >= 0.6 is 0 Å². The van der Waals surface area contributed by atoms with Crippen LogP contribution in [0.5, 0.6) is 5.75 Å². The van der Waals surface area contributed by atoms with Crippen molar-refractivity contribution in [3.05, 3.63) is 24.3 Å². The van der Waals surface area contributed by atoms with E-state index in [1.54, 1.807) is 0 Å². The summed E-state index contributed by atoms with van der Waals surface area (Å²) in [5, 5.41) is 0. The van der Waals surface area contributed by atoms with Gasteiger partial charge in [-0.2, -0.15) is 0 Å². The van der Waals surface area contributed by atoms with E-state index in [4.69, 9.17) is 10.5 Å². The lowest BCUT2D eigenvalue weighted by molar-refractivity contribution is 0.150. The van der Waals surface area contributed by atoms with Gasteiger partial charge in [0.1, 0.15) is 5.75 Å². The summed E-state index contributed by atoms with van der Waals surface area (Å²) < 4.78 is 5.69. The highest BCUT2D eigenvalue weighted by Gasteiger charge is 2.12. The van der Waals surface area contributed by atoms with Gasteiger partial charge in [0.2, 0.25) is 0 Å². The Bertz CT molecular complexity index is 358. The van der Waals surface area contributed by atoms with Gasteiger partial charge in [-0.1, -0.05) is 0 Å². The van der Waals surface area contributed by atoms with Gasteiger partial charge in [0.05, 0.1) is 6.61 Å². The Labute approximate surface area is 116 Å². The fourth-order valence-electron chi connectivity index (χ4n) is 2.26. The molecule has 1 aliphatic rings. The molecular weight excluding hydrogens is 238 g/mol. The van der Waals surface area contributed by atoms with E-state index >= 15 is 0 Å². The third kappa shape index (κ3) is 5.09. The zero-order valence-electron chi connectivity index (χ0n) is 11.8. The lowest BCUT2D eigenvalue weighted by atomic mass is 10.2. The first-order chi connectivity index (χ1) is 9.24. The second kappa shape index (κ2) is 7.36. The SMILES string of the molecule is CN1CCN(CCCCOc2ccc(N)cc2)CC1. The molecule has 1 aromatic carbocycles. The molecule has 4 heteroatoms. The highest BCUT2D eigenvalue weighted by Crippen LogP contribution is 2.13. The molecule has 0 bridgehead atoms. The minimum absolute atomic E-state index is 0.780. The Morgan fingerprint density at radius 1 is 1.05 bits per heavy atom. The highest BCUT2D eigenvalue weighted by atomic mass is 16.5. The van der Waals surface area contributed by atoms with Gasteiger partial charge in [0.15, 0.2) is 0 Å². The molecule has 0 spiro atoms. The van der Waals surface area contributed by atoms with Crippen molar-refractivity contribution in [3.63, 3.8) is 0 Å². The summed E-state index contributed by atoms with van der Waals surface area (Å²) in [6.45, 7) is 6.78. The second-order valence-electron chi connectivity index (χ2n) is 5.27. The first kappa shape index (κ1) is 14.2. The zero-order valence-corrected chi connectivity index (χ0v) is 11.8. The van der Waals surface area contributed by atoms with Crippen LogP contribution in [0.3, 0.4) is 0 Å². The third-order valence-corrected chi connectivity index (χ3v) is 3.61. The van der Waals surface area contributed by atoms with Crippen LogP contribution in [0.4, 0.5) is 5.69 Å². The Kier molecular flexibility index (Phi) is 5.48. The van der Waals surface area contributed by atoms with Gasteiger partial charge in [-0.25, -0.2) is 0 Å². The molecule has 1 fully saturated rings. The van der Waals surface area contributed by atoms with E-state index < -0.39 is 0 Å². The maximum absolute atomic E-state index is 5.69. The number of nitrogens with two attached hydrogens (primary N) is 1. The average Bonchev–Trinajstić information content (AvgIpc) is 2.43. The quantitative estimate of drug-likeness (QED) is 0.626. The first-order valence-electron chi connectivity index (χ1n) is 7.13. The summed E-state index contributed by atoms with van der Waals surface area (Å²) in [4.78, 5) is 4.93. The summed E-state index contributed by atoms with van der Waals surface area (Å²) in [7, 11) is 2.19. The maximum atomic E-state index is 5.69.